The number of nitrogens with one attached hydrogen (secondary N) is 1. The van der Waals surface area contributed by atoms with E-state index in [4.69, 9.17) is 23.2 Å². The van der Waals surface area contributed by atoms with Gasteiger partial charge in [0.15, 0.2) is 0 Å². The smallest absolute Gasteiger partial charge is 0.242 e. The summed E-state index contributed by atoms with van der Waals surface area (Å²) in [6, 6.07) is 20.1. The van der Waals surface area contributed by atoms with Crippen LogP contribution in [0.5, 0.6) is 0 Å². The molecule has 0 saturated heterocycles. The molecule has 0 radical (unpaired) electrons. The van der Waals surface area contributed by atoms with E-state index in [9.17, 15) is 14.0 Å². The van der Waals surface area contributed by atoms with Crippen LogP contribution < -0.4 is 5.32 Å². The summed E-state index contributed by atoms with van der Waals surface area (Å²) in [5.74, 6) is -0.115. The van der Waals surface area contributed by atoms with E-state index in [1.54, 1.807) is 37.4 Å². The highest BCUT2D eigenvalue weighted by molar-refractivity contribution is 7.99. The van der Waals surface area contributed by atoms with E-state index < -0.39 is 6.04 Å². The Balaban J connectivity index is 1.85. The van der Waals surface area contributed by atoms with Crippen molar-refractivity contribution in [2.75, 3.05) is 12.8 Å². The molecule has 3 aromatic rings. The second-order valence-electron chi connectivity index (χ2n) is 7.66. The number of carbonyl (C=O) groups is 2. The predicted octanol–water partition coefficient (Wildman–Crippen LogP) is 5.75. The van der Waals surface area contributed by atoms with Crippen molar-refractivity contribution in [1.82, 2.24) is 10.2 Å². The van der Waals surface area contributed by atoms with Gasteiger partial charge in [0.05, 0.1) is 5.75 Å². The molecule has 1 unspecified atom stereocenters. The van der Waals surface area contributed by atoms with Gasteiger partial charge >= 0.3 is 0 Å². The molecule has 0 aliphatic rings. The molecule has 0 spiro atoms. The maximum atomic E-state index is 13.4. The summed E-state index contributed by atoms with van der Waals surface area (Å²) in [5, 5.41) is 3.54. The van der Waals surface area contributed by atoms with Gasteiger partial charge in [-0.05, 0) is 35.4 Å². The average Bonchev–Trinajstić information content (AvgIpc) is 2.84. The largest absolute Gasteiger partial charge is 0.357 e. The van der Waals surface area contributed by atoms with Crippen molar-refractivity contribution in [2.45, 2.75) is 24.8 Å². The zero-order chi connectivity index (χ0) is 24.5. The second-order valence-corrected chi connectivity index (χ2v) is 9.46. The highest BCUT2D eigenvalue weighted by Gasteiger charge is 2.30. The van der Waals surface area contributed by atoms with Crippen molar-refractivity contribution in [3.05, 3.63) is 105 Å². The first-order valence-corrected chi connectivity index (χ1v) is 12.6. The van der Waals surface area contributed by atoms with Gasteiger partial charge in [-0.2, -0.15) is 0 Å². The van der Waals surface area contributed by atoms with E-state index in [2.05, 4.69) is 5.32 Å². The lowest BCUT2D eigenvalue weighted by atomic mass is 10.0. The first-order valence-electron chi connectivity index (χ1n) is 10.7. The maximum absolute atomic E-state index is 13.4. The van der Waals surface area contributed by atoms with Crippen molar-refractivity contribution in [3.8, 4) is 0 Å². The number of nitrogens with zero attached hydrogens (tertiary/aromatic N) is 1. The molecular weight excluding hydrogens is 494 g/mol. The van der Waals surface area contributed by atoms with Crippen LogP contribution >= 0.6 is 35.0 Å². The Bertz CT molecular complexity index is 1090. The fraction of sp³-hybridized carbons (Fsp3) is 0.231. The minimum absolute atomic E-state index is 0.0966. The molecule has 0 bridgehead atoms. The molecule has 0 fully saturated rings. The zero-order valence-corrected chi connectivity index (χ0v) is 21.0. The van der Waals surface area contributed by atoms with Gasteiger partial charge in [-0.3, -0.25) is 9.59 Å². The van der Waals surface area contributed by atoms with Crippen LogP contribution in [0.25, 0.3) is 0 Å². The predicted molar refractivity (Wildman–Crippen MR) is 138 cm³/mol. The first kappa shape index (κ1) is 26.1. The van der Waals surface area contributed by atoms with Crippen LogP contribution in [0.4, 0.5) is 4.39 Å². The summed E-state index contributed by atoms with van der Waals surface area (Å²) in [4.78, 5) is 27.9. The van der Waals surface area contributed by atoms with Gasteiger partial charge < -0.3 is 10.2 Å². The number of carbonyl (C=O) groups excluding carboxylic acids is 2. The Morgan fingerprint density at radius 2 is 1.59 bits per heavy atom. The Labute approximate surface area is 213 Å². The molecule has 3 aromatic carbocycles. The Morgan fingerprint density at radius 3 is 2.21 bits per heavy atom. The summed E-state index contributed by atoms with van der Waals surface area (Å²) in [7, 11) is 1.55. The number of hydrogen-bond acceptors (Lipinski definition) is 3. The Kier molecular flexibility index (Phi) is 9.81. The number of benzene rings is 3. The lowest BCUT2D eigenvalue weighted by Crippen LogP contribution is -2.50. The SMILES string of the molecule is CNC(=O)C(Cc1ccccc1)N(Cc1c(Cl)cccc1Cl)C(=O)CSCc1ccc(F)cc1. The molecule has 3 rings (SSSR count). The quantitative estimate of drug-likeness (QED) is 0.371. The number of thioether (sulfide) groups is 1. The fourth-order valence-electron chi connectivity index (χ4n) is 3.49. The van der Waals surface area contributed by atoms with E-state index in [0.29, 0.717) is 27.8 Å². The van der Waals surface area contributed by atoms with Crippen LogP contribution in [0.3, 0.4) is 0 Å². The molecule has 4 nitrogen and oxygen atoms in total. The number of hydrogen-bond donors (Lipinski definition) is 1. The second kappa shape index (κ2) is 12.8. The summed E-state index contributed by atoms with van der Waals surface area (Å²) >= 11 is 14.2. The number of amides is 2. The van der Waals surface area contributed by atoms with E-state index in [0.717, 1.165) is 11.1 Å². The standard InChI is InChI=1S/C26H25Cl2FN2O2S/c1-30-26(33)24(14-18-6-3-2-4-7-18)31(15-21-22(27)8-5-9-23(21)28)25(32)17-34-16-19-10-12-20(29)13-11-19/h2-13,24H,14-17H2,1H3,(H,30,33). The molecule has 0 aliphatic heterocycles. The topological polar surface area (TPSA) is 49.4 Å². The molecule has 34 heavy (non-hydrogen) atoms. The van der Waals surface area contributed by atoms with Gasteiger partial charge in [-0.1, -0.05) is 71.7 Å². The number of likely N-dealkylation sites (N-methyl/N-ethyl adjacent to an activating group) is 1. The van der Waals surface area contributed by atoms with Crippen LogP contribution in [0.2, 0.25) is 10.0 Å². The molecule has 0 aromatic heterocycles. The van der Waals surface area contributed by atoms with Crippen LogP contribution in [0.1, 0.15) is 16.7 Å². The lowest BCUT2D eigenvalue weighted by Gasteiger charge is -2.31. The van der Waals surface area contributed by atoms with Gasteiger partial charge in [0, 0.05) is 41.4 Å². The normalized spacial score (nSPS) is 11.6. The highest BCUT2D eigenvalue weighted by Crippen LogP contribution is 2.27. The average molecular weight is 519 g/mol. The van der Waals surface area contributed by atoms with Crippen molar-refractivity contribution in [3.63, 3.8) is 0 Å². The molecular formula is C26H25Cl2FN2O2S. The number of rotatable bonds is 10. The zero-order valence-electron chi connectivity index (χ0n) is 18.6. The molecule has 8 heteroatoms. The van der Waals surface area contributed by atoms with Crippen LogP contribution in [0.15, 0.2) is 72.8 Å². The molecule has 0 saturated carbocycles. The van der Waals surface area contributed by atoms with E-state index in [1.165, 1.54) is 28.8 Å². The van der Waals surface area contributed by atoms with Gasteiger partial charge in [-0.15, -0.1) is 11.8 Å². The molecule has 2 amide bonds. The van der Waals surface area contributed by atoms with Gasteiger partial charge in [-0.25, -0.2) is 4.39 Å². The van der Waals surface area contributed by atoms with E-state index in [-0.39, 0.29) is 29.9 Å². The third-order valence-electron chi connectivity index (χ3n) is 5.32. The molecule has 1 N–H and O–H groups in total. The van der Waals surface area contributed by atoms with Gasteiger partial charge in [0.1, 0.15) is 11.9 Å². The summed E-state index contributed by atoms with van der Waals surface area (Å²) < 4.78 is 13.2. The molecule has 0 heterocycles. The summed E-state index contributed by atoms with van der Waals surface area (Å²) in [5.41, 5.74) is 2.43. The van der Waals surface area contributed by atoms with Gasteiger partial charge in [0.25, 0.3) is 0 Å². The minimum Gasteiger partial charge on any atom is -0.357 e. The van der Waals surface area contributed by atoms with Crippen molar-refractivity contribution in [2.24, 2.45) is 0 Å². The molecule has 0 aliphatic carbocycles. The third-order valence-corrected chi connectivity index (χ3v) is 7.01. The van der Waals surface area contributed by atoms with Crippen molar-refractivity contribution < 1.29 is 14.0 Å². The third kappa shape index (κ3) is 7.23. The van der Waals surface area contributed by atoms with Crippen molar-refractivity contribution in [1.29, 1.82) is 0 Å². The number of halogens is 3. The maximum Gasteiger partial charge on any atom is 0.242 e. The highest BCUT2D eigenvalue weighted by atomic mass is 35.5. The molecule has 1 atom stereocenters. The first-order chi connectivity index (χ1) is 16.4. The monoisotopic (exact) mass is 518 g/mol. The Hall–Kier alpha value is -2.54. The van der Waals surface area contributed by atoms with Crippen molar-refractivity contribution >= 4 is 46.8 Å². The van der Waals surface area contributed by atoms with Crippen LogP contribution in [-0.4, -0.2) is 35.6 Å². The van der Waals surface area contributed by atoms with E-state index >= 15 is 0 Å². The van der Waals surface area contributed by atoms with E-state index in [1.807, 2.05) is 30.3 Å². The van der Waals surface area contributed by atoms with Gasteiger partial charge in [0.2, 0.25) is 11.8 Å². The summed E-state index contributed by atoms with van der Waals surface area (Å²) in [6.45, 7) is 0.0966. The molecule has 178 valence electrons. The van der Waals surface area contributed by atoms with Crippen LogP contribution in [0, 0.1) is 5.82 Å². The fourth-order valence-corrected chi connectivity index (χ4v) is 4.88. The minimum atomic E-state index is -0.751. The van der Waals surface area contributed by atoms with Crippen LogP contribution in [-0.2, 0) is 28.3 Å². The summed E-state index contributed by atoms with van der Waals surface area (Å²) in [6.07, 6.45) is 0.344. The Morgan fingerprint density at radius 1 is 0.941 bits per heavy atom. The lowest BCUT2D eigenvalue weighted by molar-refractivity contribution is -0.139.